The maximum atomic E-state index is 12.2. The van der Waals surface area contributed by atoms with Crippen LogP contribution in [0.15, 0.2) is 15.0 Å². The second-order valence-electron chi connectivity index (χ2n) is 6.21. The molecular weight excluding hydrogens is 330 g/mol. The van der Waals surface area contributed by atoms with Crippen molar-refractivity contribution in [1.82, 2.24) is 19.3 Å². The normalized spacial score (nSPS) is 11.8. The lowest BCUT2D eigenvalue weighted by atomic mass is 9.91. The summed E-state index contributed by atoms with van der Waals surface area (Å²) in [5.74, 6) is -0.343. The summed E-state index contributed by atoms with van der Waals surface area (Å²) in [4.78, 5) is 15.6. The number of hydrogen-bond acceptors (Lipinski definition) is 6. The summed E-state index contributed by atoms with van der Waals surface area (Å²) in [7, 11) is 2.98. The Kier molecular flexibility index (Phi) is 4.40. The molecule has 0 saturated carbocycles. The van der Waals surface area contributed by atoms with Crippen molar-refractivity contribution in [1.29, 1.82) is 0 Å². The van der Waals surface area contributed by atoms with Crippen LogP contribution >= 0.6 is 12.2 Å². The lowest BCUT2D eigenvalue weighted by Crippen LogP contribution is -2.20. The van der Waals surface area contributed by atoms with Crippen LogP contribution in [0.4, 0.5) is 17.2 Å². The van der Waals surface area contributed by atoms with E-state index in [0.717, 1.165) is 0 Å². The van der Waals surface area contributed by atoms with Crippen LogP contribution < -0.4 is 5.56 Å². The van der Waals surface area contributed by atoms with Crippen LogP contribution in [0.25, 0.3) is 4.85 Å². The molecule has 0 atom stereocenters. The second-order valence-corrected chi connectivity index (χ2v) is 6.58. The summed E-state index contributed by atoms with van der Waals surface area (Å²) in [5.41, 5.74) is -0.336. The van der Waals surface area contributed by atoms with Gasteiger partial charge in [-0.25, -0.2) is 4.85 Å². The van der Waals surface area contributed by atoms with Crippen molar-refractivity contribution in [2.75, 3.05) is 0 Å². The third-order valence-electron chi connectivity index (χ3n) is 3.44. The number of rotatable bonds is 2. The summed E-state index contributed by atoms with van der Waals surface area (Å²) in [6.45, 7) is 13.1. The predicted molar refractivity (Wildman–Crippen MR) is 90.9 cm³/mol. The molecule has 2 aromatic rings. The molecule has 0 spiro atoms. The minimum atomic E-state index is -0.588. The van der Waals surface area contributed by atoms with E-state index in [9.17, 15) is 9.90 Å². The molecule has 2 aromatic heterocycles. The van der Waals surface area contributed by atoms with E-state index in [0.29, 0.717) is 5.69 Å². The Balaban J connectivity index is 2.60. The molecule has 0 aliphatic carbocycles. The average Bonchev–Trinajstić information content (AvgIpc) is 2.94. The number of aromatic amines is 1. The molecule has 126 valence electrons. The standard InChI is InChI=1S/C14H17N7O2S/c1-14(2,3)9-7(15-4)10(19-17-9)18-16-8-11(22)20(5)13(24)21(6)12(8)23/h22H,1-3,5-6H3,(H,17,19). The molecule has 0 amide bonds. The lowest BCUT2D eigenvalue weighted by Gasteiger charge is -2.16. The lowest BCUT2D eigenvalue weighted by molar-refractivity contribution is 0.417. The predicted octanol–water partition coefficient (Wildman–Crippen LogP) is 3.15. The Bertz CT molecular complexity index is 983. The minimum absolute atomic E-state index is 0.0569. The number of azo groups is 1. The topological polar surface area (TPSA) is 105 Å². The Morgan fingerprint density at radius 1 is 1.29 bits per heavy atom. The Hall–Kier alpha value is -2.80. The van der Waals surface area contributed by atoms with E-state index in [1.54, 1.807) is 0 Å². The maximum absolute atomic E-state index is 12.2. The van der Waals surface area contributed by atoms with Crippen LogP contribution in [-0.4, -0.2) is 24.4 Å². The number of nitrogens with one attached hydrogen (secondary N) is 1. The van der Waals surface area contributed by atoms with Gasteiger partial charge in [-0.05, 0) is 17.6 Å². The largest absolute Gasteiger partial charge is 0.493 e. The smallest absolute Gasteiger partial charge is 0.285 e. The highest BCUT2D eigenvalue weighted by molar-refractivity contribution is 7.71. The fourth-order valence-corrected chi connectivity index (χ4v) is 2.20. The number of H-pyrrole nitrogens is 1. The number of hydrogen-bond donors (Lipinski definition) is 2. The van der Waals surface area contributed by atoms with Crippen LogP contribution in [0.5, 0.6) is 5.88 Å². The van der Waals surface area contributed by atoms with Gasteiger partial charge in [0.25, 0.3) is 11.2 Å². The van der Waals surface area contributed by atoms with Gasteiger partial charge in [0.15, 0.2) is 4.77 Å². The monoisotopic (exact) mass is 347 g/mol. The molecule has 0 unspecified atom stereocenters. The number of nitrogens with zero attached hydrogens (tertiary/aromatic N) is 6. The number of aromatic nitrogens is 4. The second kappa shape index (κ2) is 6.01. The first-order valence-electron chi connectivity index (χ1n) is 6.96. The first-order valence-corrected chi connectivity index (χ1v) is 7.37. The zero-order chi connectivity index (χ0) is 18.2. The van der Waals surface area contributed by atoms with Gasteiger partial charge in [0.2, 0.25) is 17.4 Å². The molecule has 0 aliphatic heterocycles. The molecule has 0 bridgehead atoms. The van der Waals surface area contributed by atoms with Crippen LogP contribution in [0.3, 0.4) is 0 Å². The van der Waals surface area contributed by atoms with E-state index in [1.807, 2.05) is 20.8 Å². The van der Waals surface area contributed by atoms with Gasteiger partial charge in [-0.1, -0.05) is 20.8 Å². The maximum Gasteiger partial charge on any atom is 0.285 e. The van der Waals surface area contributed by atoms with E-state index in [1.165, 1.54) is 23.2 Å². The van der Waals surface area contributed by atoms with Crippen molar-refractivity contribution in [3.05, 3.63) is 32.2 Å². The van der Waals surface area contributed by atoms with Gasteiger partial charge >= 0.3 is 0 Å². The number of aromatic hydroxyl groups is 1. The van der Waals surface area contributed by atoms with E-state index in [2.05, 4.69) is 25.3 Å². The molecule has 2 N–H and O–H groups in total. The highest BCUT2D eigenvalue weighted by Gasteiger charge is 2.24. The Morgan fingerprint density at radius 3 is 2.46 bits per heavy atom. The van der Waals surface area contributed by atoms with Crippen LogP contribution in [0.1, 0.15) is 26.5 Å². The molecule has 24 heavy (non-hydrogen) atoms. The molecule has 0 fully saturated rings. The fourth-order valence-electron chi connectivity index (χ4n) is 2.03. The van der Waals surface area contributed by atoms with Crippen molar-refractivity contribution in [2.45, 2.75) is 26.2 Å². The molecule has 2 rings (SSSR count). The molecule has 0 radical (unpaired) electrons. The summed E-state index contributed by atoms with van der Waals surface area (Å²) in [6, 6.07) is 0. The molecule has 10 heteroatoms. The summed E-state index contributed by atoms with van der Waals surface area (Å²) >= 11 is 5.03. The van der Waals surface area contributed by atoms with Crippen LogP contribution in [0, 0.1) is 11.3 Å². The zero-order valence-corrected chi connectivity index (χ0v) is 14.8. The molecule has 0 saturated heterocycles. The van der Waals surface area contributed by atoms with Gasteiger partial charge < -0.3 is 5.11 Å². The summed E-state index contributed by atoms with van der Waals surface area (Å²) < 4.78 is 2.56. The molecule has 2 heterocycles. The summed E-state index contributed by atoms with van der Waals surface area (Å²) in [6.07, 6.45) is 0. The van der Waals surface area contributed by atoms with Gasteiger partial charge in [0.1, 0.15) is 0 Å². The van der Waals surface area contributed by atoms with Crippen molar-refractivity contribution >= 4 is 29.4 Å². The van der Waals surface area contributed by atoms with Gasteiger partial charge in [0.05, 0.1) is 6.57 Å². The molecular formula is C14H17N7O2S. The Morgan fingerprint density at radius 2 is 1.92 bits per heavy atom. The van der Waals surface area contributed by atoms with Crippen LogP contribution in [0.2, 0.25) is 0 Å². The third kappa shape index (κ3) is 2.85. The fraction of sp³-hybridized carbons (Fsp3) is 0.429. The van der Waals surface area contributed by atoms with E-state index >= 15 is 0 Å². The third-order valence-corrected chi connectivity index (χ3v) is 3.99. The summed E-state index contributed by atoms with van der Waals surface area (Å²) in [5, 5.41) is 24.5. The minimum Gasteiger partial charge on any atom is -0.493 e. The van der Waals surface area contributed by atoms with Crippen molar-refractivity contribution in [3.63, 3.8) is 0 Å². The van der Waals surface area contributed by atoms with Crippen LogP contribution in [-0.2, 0) is 19.5 Å². The van der Waals surface area contributed by atoms with Gasteiger partial charge in [-0.15, -0.1) is 10.2 Å². The van der Waals surface area contributed by atoms with E-state index in [-0.39, 0.29) is 27.4 Å². The van der Waals surface area contributed by atoms with E-state index in [4.69, 9.17) is 18.8 Å². The molecule has 9 nitrogen and oxygen atoms in total. The van der Waals surface area contributed by atoms with Crippen molar-refractivity contribution < 1.29 is 5.11 Å². The highest BCUT2D eigenvalue weighted by Crippen LogP contribution is 2.37. The van der Waals surface area contributed by atoms with Gasteiger partial charge in [-0.3, -0.25) is 19.0 Å². The zero-order valence-electron chi connectivity index (χ0n) is 13.9. The van der Waals surface area contributed by atoms with Gasteiger partial charge in [-0.2, -0.15) is 5.10 Å². The van der Waals surface area contributed by atoms with Gasteiger partial charge in [0, 0.05) is 19.8 Å². The molecule has 0 aliphatic rings. The first-order chi connectivity index (χ1) is 11.1. The Labute approximate surface area is 143 Å². The van der Waals surface area contributed by atoms with Crippen molar-refractivity contribution in [2.24, 2.45) is 24.3 Å². The van der Waals surface area contributed by atoms with Crippen molar-refractivity contribution in [3.8, 4) is 5.88 Å². The average molecular weight is 347 g/mol. The van der Waals surface area contributed by atoms with E-state index < -0.39 is 11.4 Å². The molecule has 0 aromatic carbocycles. The first kappa shape index (κ1) is 17.6. The quantitative estimate of drug-likeness (QED) is 0.494. The SMILES string of the molecule is [C-]#[N+]c1c(N=Nc2c(O)n(C)c(=S)n(C)c2=O)n[nH]c1C(C)(C)C. The highest BCUT2D eigenvalue weighted by atomic mass is 32.1.